The van der Waals surface area contributed by atoms with Gasteiger partial charge in [-0.2, -0.15) is 0 Å². The molecule has 0 saturated carbocycles. The molecule has 2 rings (SSSR count). The highest BCUT2D eigenvalue weighted by Gasteiger charge is 2.13. The van der Waals surface area contributed by atoms with Gasteiger partial charge in [0.05, 0.1) is 18.0 Å². The van der Waals surface area contributed by atoms with Crippen molar-refractivity contribution in [2.45, 2.75) is 6.61 Å². The maximum atomic E-state index is 11.9. The summed E-state index contributed by atoms with van der Waals surface area (Å²) in [6.07, 6.45) is 0. The third-order valence-electron chi connectivity index (χ3n) is 2.85. The van der Waals surface area contributed by atoms with Crippen molar-refractivity contribution in [2.24, 2.45) is 0 Å². The first-order valence-corrected chi connectivity index (χ1v) is 7.30. The van der Waals surface area contributed by atoms with E-state index in [1.165, 1.54) is 0 Å². The van der Waals surface area contributed by atoms with Crippen molar-refractivity contribution in [1.29, 1.82) is 0 Å². The Morgan fingerprint density at radius 3 is 2.55 bits per heavy atom. The smallest absolute Gasteiger partial charge is 0.177 e. The largest absolute Gasteiger partial charge is 0.497 e. The lowest BCUT2D eigenvalue weighted by Crippen LogP contribution is -2.05. The molecule has 0 unspecified atom stereocenters. The molecule has 2 aromatic rings. The van der Waals surface area contributed by atoms with Gasteiger partial charge >= 0.3 is 0 Å². The lowest BCUT2D eigenvalue weighted by molar-refractivity contribution is 0.101. The quantitative estimate of drug-likeness (QED) is 0.594. The van der Waals surface area contributed by atoms with Gasteiger partial charge in [-0.05, 0) is 23.8 Å². The van der Waals surface area contributed by atoms with Gasteiger partial charge in [-0.15, -0.1) is 0 Å². The molecule has 0 aromatic heterocycles. The zero-order chi connectivity index (χ0) is 14.4. The fraction of sp³-hybridized carbons (Fsp3) is 0.188. The van der Waals surface area contributed by atoms with E-state index < -0.39 is 0 Å². The van der Waals surface area contributed by atoms with E-state index in [1.54, 1.807) is 25.3 Å². The summed E-state index contributed by atoms with van der Waals surface area (Å²) in [6, 6.07) is 15.1. The van der Waals surface area contributed by atoms with Gasteiger partial charge in [0.15, 0.2) is 5.78 Å². The molecule has 2 aromatic carbocycles. The summed E-state index contributed by atoms with van der Waals surface area (Å²) in [6.45, 7) is 0.426. The summed E-state index contributed by atoms with van der Waals surface area (Å²) >= 11 is 3.18. The Morgan fingerprint density at radius 1 is 1.15 bits per heavy atom. The topological polar surface area (TPSA) is 35.5 Å². The maximum absolute atomic E-state index is 11.9. The van der Waals surface area contributed by atoms with Crippen molar-refractivity contribution in [3.63, 3.8) is 0 Å². The van der Waals surface area contributed by atoms with Crippen LogP contribution in [0.15, 0.2) is 48.5 Å². The normalized spacial score (nSPS) is 10.1. The number of methoxy groups -OCH3 is 1. The van der Waals surface area contributed by atoms with E-state index in [0.29, 0.717) is 23.7 Å². The maximum Gasteiger partial charge on any atom is 0.177 e. The lowest BCUT2D eigenvalue weighted by atomic mass is 10.1. The molecule has 4 heteroatoms. The molecule has 20 heavy (non-hydrogen) atoms. The molecule has 0 aliphatic carbocycles. The van der Waals surface area contributed by atoms with Gasteiger partial charge in [0, 0.05) is 0 Å². The van der Waals surface area contributed by atoms with Gasteiger partial charge in [-0.1, -0.05) is 46.3 Å². The monoisotopic (exact) mass is 334 g/mol. The molecule has 0 radical (unpaired) electrons. The Labute approximate surface area is 126 Å². The fourth-order valence-electron chi connectivity index (χ4n) is 1.79. The summed E-state index contributed by atoms with van der Waals surface area (Å²) in [4.78, 5) is 11.9. The molecule has 0 bridgehead atoms. The molecule has 0 saturated heterocycles. The van der Waals surface area contributed by atoms with Crippen molar-refractivity contribution in [2.75, 3.05) is 12.4 Å². The SMILES string of the molecule is COc1ccc(OCc2ccccc2)c(C(=O)CBr)c1. The standard InChI is InChI=1S/C16H15BrO3/c1-19-13-7-8-16(14(9-13)15(18)10-17)20-11-12-5-3-2-4-6-12/h2-9H,10-11H2,1H3. The Bertz CT molecular complexity index is 582. The van der Waals surface area contributed by atoms with Crippen molar-refractivity contribution in [1.82, 2.24) is 0 Å². The zero-order valence-electron chi connectivity index (χ0n) is 11.1. The highest BCUT2D eigenvalue weighted by Crippen LogP contribution is 2.26. The predicted molar refractivity (Wildman–Crippen MR) is 81.9 cm³/mol. The lowest BCUT2D eigenvalue weighted by Gasteiger charge is -2.11. The molecular weight excluding hydrogens is 320 g/mol. The van der Waals surface area contributed by atoms with E-state index in [2.05, 4.69) is 15.9 Å². The molecule has 0 heterocycles. The Hall–Kier alpha value is -1.81. The second-order valence-electron chi connectivity index (χ2n) is 4.19. The van der Waals surface area contributed by atoms with Crippen LogP contribution in [0, 0.1) is 0 Å². The van der Waals surface area contributed by atoms with Crippen LogP contribution < -0.4 is 9.47 Å². The minimum absolute atomic E-state index is 0.0352. The zero-order valence-corrected chi connectivity index (χ0v) is 12.7. The number of rotatable bonds is 6. The number of Topliss-reactive ketones (excluding diaryl/α,β-unsaturated/α-hetero) is 1. The van der Waals surface area contributed by atoms with Gasteiger partial charge in [-0.3, -0.25) is 4.79 Å². The summed E-state index contributed by atoms with van der Waals surface area (Å²) < 4.78 is 10.9. The molecule has 0 N–H and O–H groups in total. The molecule has 0 amide bonds. The second-order valence-corrected chi connectivity index (χ2v) is 4.75. The number of halogens is 1. The van der Waals surface area contributed by atoms with Gasteiger partial charge in [0.1, 0.15) is 18.1 Å². The van der Waals surface area contributed by atoms with Crippen LogP contribution in [0.2, 0.25) is 0 Å². The molecule has 0 spiro atoms. The Balaban J connectivity index is 2.20. The molecule has 0 atom stereocenters. The number of ketones is 1. The molecule has 0 fully saturated rings. The number of hydrogen-bond acceptors (Lipinski definition) is 3. The number of benzene rings is 2. The molecule has 104 valence electrons. The van der Waals surface area contributed by atoms with Gasteiger partial charge in [0.25, 0.3) is 0 Å². The van der Waals surface area contributed by atoms with Gasteiger partial charge in [-0.25, -0.2) is 0 Å². The van der Waals surface area contributed by atoms with Crippen LogP contribution in [0.5, 0.6) is 11.5 Å². The average molecular weight is 335 g/mol. The molecule has 3 nitrogen and oxygen atoms in total. The van der Waals surface area contributed by atoms with Crippen LogP contribution in [0.3, 0.4) is 0 Å². The Morgan fingerprint density at radius 2 is 1.90 bits per heavy atom. The van der Waals surface area contributed by atoms with E-state index in [-0.39, 0.29) is 11.1 Å². The summed E-state index contributed by atoms with van der Waals surface area (Å²) in [7, 11) is 1.57. The van der Waals surface area contributed by atoms with Crippen LogP contribution in [0.25, 0.3) is 0 Å². The molecular formula is C16H15BrO3. The van der Waals surface area contributed by atoms with E-state index in [1.807, 2.05) is 30.3 Å². The highest BCUT2D eigenvalue weighted by molar-refractivity contribution is 9.09. The van der Waals surface area contributed by atoms with Crippen molar-refractivity contribution in [3.05, 3.63) is 59.7 Å². The fourth-order valence-corrected chi connectivity index (χ4v) is 2.09. The second kappa shape index (κ2) is 7.10. The summed E-state index contributed by atoms with van der Waals surface area (Å²) in [5, 5.41) is 0.252. The predicted octanol–water partition coefficient (Wildman–Crippen LogP) is 3.85. The van der Waals surface area contributed by atoms with E-state index in [0.717, 1.165) is 5.56 Å². The number of ether oxygens (including phenoxy) is 2. The Kier molecular flexibility index (Phi) is 5.18. The molecule has 0 aliphatic rings. The van der Waals surface area contributed by atoms with Crippen LogP contribution in [0.4, 0.5) is 0 Å². The average Bonchev–Trinajstić information content (AvgIpc) is 2.53. The van der Waals surface area contributed by atoms with E-state index >= 15 is 0 Å². The first-order chi connectivity index (χ1) is 9.74. The van der Waals surface area contributed by atoms with E-state index in [4.69, 9.17) is 9.47 Å². The minimum atomic E-state index is -0.0352. The van der Waals surface area contributed by atoms with Crippen molar-refractivity contribution >= 4 is 21.7 Å². The number of hydrogen-bond donors (Lipinski definition) is 0. The molecule has 0 aliphatic heterocycles. The van der Waals surface area contributed by atoms with Crippen LogP contribution in [0.1, 0.15) is 15.9 Å². The third-order valence-corrected chi connectivity index (χ3v) is 3.35. The summed E-state index contributed by atoms with van der Waals surface area (Å²) in [5.41, 5.74) is 1.58. The first kappa shape index (κ1) is 14.6. The number of carbonyl (C=O) groups excluding carboxylic acids is 1. The number of carbonyl (C=O) groups is 1. The number of alkyl halides is 1. The van der Waals surface area contributed by atoms with Crippen LogP contribution in [-0.2, 0) is 6.61 Å². The van der Waals surface area contributed by atoms with Gasteiger partial charge in [0.2, 0.25) is 0 Å². The van der Waals surface area contributed by atoms with Gasteiger partial charge < -0.3 is 9.47 Å². The first-order valence-electron chi connectivity index (χ1n) is 6.18. The van der Waals surface area contributed by atoms with Crippen molar-refractivity contribution in [3.8, 4) is 11.5 Å². The van der Waals surface area contributed by atoms with E-state index in [9.17, 15) is 4.79 Å². The van der Waals surface area contributed by atoms with Crippen molar-refractivity contribution < 1.29 is 14.3 Å². The third kappa shape index (κ3) is 3.61. The van der Waals surface area contributed by atoms with Crippen LogP contribution in [-0.4, -0.2) is 18.2 Å². The highest BCUT2D eigenvalue weighted by atomic mass is 79.9. The minimum Gasteiger partial charge on any atom is -0.497 e. The van der Waals surface area contributed by atoms with Crippen LogP contribution >= 0.6 is 15.9 Å². The summed E-state index contributed by atoms with van der Waals surface area (Å²) in [5.74, 6) is 1.17.